The minimum atomic E-state index is -0.246. The number of carbonyl (C=O) groups is 1. The summed E-state index contributed by atoms with van der Waals surface area (Å²) in [5.74, 6) is -0.246. The van der Waals surface area contributed by atoms with Crippen molar-refractivity contribution >= 4 is 22.5 Å². The van der Waals surface area contributed by atoms with Crippen LogP contribution in [0.25, 0.3) is 33.2 Å². The number of amides is 1. The van der Waals surface area contributed by atoms with Gasteiger partial charge in [0.15, 0.2) is 0 Å². The zero-order valence-electron chi connectivity index (χ0n) is 15.4. The zero-order valence-corrected chi connectivity index (χ0v) is 15.4. The van der Waals surface area contributed by atoms with Crippen LogP contribution < -0.4 is 5.32 Å². The van der Waals surface area contributed by atoms with E-state index in [-0.39, 0.29) is 5.91 Å². The van der Waals surface area contributed by atoms with E-state index in [0.29, 0.717) is 5.69 Å². The third-order valence-corrected chi connectivity index (χ3v) is 4.48. The van der Waals surface area contributed by atoms with Gasteiger partial charge in [0.1, 0.15) is 6.33 Å². The monoisotopic (exact) mass is 366 g/mol. The van der Waals surface area contributed by atoms with E-state index in [2.05, 4.69) is 45.0 Å². The number of hydrogen-bond donors (Lipinski definition) is 1. The van der Waals surface area contributed by atoms with E-state index < -0.39 is 0 Å². The fourth-order valence-corrected chi connectivity index (χ4v) is 3.09. The first-order valence-electron chi connectivity index (χ1n) is 8.85. The van der Waals surface area contributed by atoms with Crippen LogP contribution in [0.2, 0.25) is 0 Å². The van der Waals surface area contributed by atoms with E-state index >= 15 is 0 Å². The molecule has 0 bridgehead atoms. The molecule has 2 aromatic heterocycles. The van der Waals surface area contributed by atoms with Crippen molar-refractivity contribution in [2.75, 3.05) is 5.32 Å². The van der Waals surface area contributed by atoms with Gasteiger partial charge in [-0.25, -0.2) is 9.97 Å². The molecular weight excluding hydrogens is 348 g/mol. The number of aryl methyl sites for hydroxylation is 1. The van der Waals surface area contributed by atoms with Gasteiger partial charge in [-0.3, -0.25) is 9.78 Å². The largest absolute Gasteiger partial charge is 0.323 e. The number of benzene rings is 2. The van der Waals surface area contributed by atoms with Crippen molar-refractivity contribution in [3.63, 3.8) is 0 Å². The molecule has 5 nitrogen and oxygen atoms in total. The number of hydrogen-bond acceptors (Lipinski definition) is 4. The van der Waals surface area contributed by atoms with E-state index in [9.17, 15) is 4.79 Å². The van der Waals surface area contributed by atoms with Gasteiger partial charge in [-0.2, -0.15) is 0 Å². The van der Waals surface area contributed by atoms with Crippen LogP contribution in [0.15, 0.2) is 79.9 Å². The number of rotatable bonds is 4. The number of aromatic nitrogens is 3. The number of nitrogens with zero attached hydrogens (tertiary/aromatic N) is 3. The Kier molecular flexibility index (Phi) is 4.64. The summed E-state index contributed by atoms with van der Waals surface area (Å²) in [4.78, 5) is 24.7. The highest BCUT2D eigenvalue weighted by Gasteiger charge is 2.11. The first kappa shape index (κ1) is 17.5. The summed E-state index contributed by atoms with van der Waals surface area (Å²) in [6.07, 6.45) is 6.47. The lowest BCUT2D eigenvalue weighted by atomic mass is 9.96. The maximum atomic E-state index is 11.7. The van der Waals surface area contributed by atoms with Crippen molar-refractivity contribution in [3.05, 3.63) is 85.6 Å². The van der Waals surface area contributed by atoms with Crippen molar-refractivity contribution in [2.24, 2.45) is 0 Å². The molecule has 0 spiro atoms. The smallest absolute Gasteiger partial charge is 0.247 e. The molecule has 0 saturated heterocycles. The Labute approximate surface area is 162 Å². The van der Waals surface area contributed by atoms with E-state index in [4.69, 9.17) is 0 Å². The Bertz CT molecular complexity index is 1180. The van der Waals surface area contributed by atoms with Gasteiger partial charge in [-0.1, -0.05) is 24.8 Å². The molecule has 0 radical (unpaired) electrons. The van der Waals surface area contributed by atoms with Crippen molar-refractivity contribution < 1.29 is 4.79 Å². The van der Waals surface area contributed by atoms with Crippen LogP contribution in [0.3, 0.4) is 0 Å². The Balaban J connectivity index is 1.88. The van der Waals surface area contributed by atoms with Gasteiger partial charge in [0.05, 0.1) is 5.52 Å². The lowest BCUT2D eigenvalue weighted by Crippen LogP contribution is -2.07. The summed E-state index contributed by atoms with van der Waals surface area (Å²) in [6.45, 7) is 5.46. The SMILES string of the molecule is C=CC(=O)Nc1cccc(-c2cc(-c3ccc(C)nc3)cc3cncnc23)c1. The van der Waals surface area contributed by atoms with E-state index in [1.54, 1.807) is 12.5 Å². The number of anilines is 1. The van der Waals surface area contributed by atoms with Crippen molar-refractivity contribution in [1.82, 2.24) is 15.0 Å². The predicted octanol–water partition coefficient (Wildman–Crippen LogP) is 4.79. The average molecular weight is 366 g/mol. The van der Waals surface area contributed by atoms with Gasteiger partial charge in [0, 0.05) is 40.3 Å². The topological polar surface area (TPSA) is 67.8 Å². The second kappa shape index (κ2) is 7.40. The van der Waals surface area contributed by atoms with Crippen LogP contribution in [-0.4, -0.2) is 20.9 Å². The molecule has 0 aliphatic rings. The van der Waals surface area contributed by atoms with E-state index in [1.807, 2.05) is 43.5 Å². The highest BCUT2D eigenvalue weighted by Crippen LogP contribution is 2.33. The third kappa shape index (κ3) is 3.50. The molecule has 136 valence electrons. The summed E-state index contributed by atoms with van der Waals surface area (Å²) in [5, 5.41) is 3.74. The van der Waals surface area contributed by atoms with Gasteiger partial charge >= 0.3 is 0 Å². The molecule has 2 heterocycles. The van der Waals surface area contributed by atoms with E-state index in [0.717, 1.165) is 38.9 Å². The van der Waals surface area contributed by atoms with Crippen molar-refractivity contribution in [2.45, 2.75) is 6.92 Å². The van der Waals surface area contributed by atoms with Crippen molar-refractivity contribution in [1.29, 1.82) is 0 Å². The normalized spacial score (nSPS) is 10.6. The average Bonchev–Trinajstić information content (AvgIpc) is 2.73. The number of nitrogens with one attached hydrogen (secondary N) is 1. The molecule has 0 aliphatic carbocycles. The minimum absolute atomic E-state index is 0.246. The first-order chi connectivity index (χ1) is 13.6. The summed E-state index contributed by atoms with van der Waals surface area (Å²) in [5.41, 5.74) is 6.49. The second-order valence-electron chi connectivity index (χ2n) is 6.45. The minimum Gasteiger partial charge on any atom is -0.323 e. The quantitative estimate of drug-likeness (QED) is 0.527. The molecule has 28 heavy (non-hydrogen) atoms. The fourth-order valence-electron chi connectivity index (χ4n) is 3.09. The Morgan fingerprint density at radius 1 is 1.00 bits per heavy atom. The lowest BCUT2D eigenvalue weighted by Gasteiger charge is -2.11. The van der Waals surface area contributed by atoms with E-state index in [1.165, 1.54) is 6.08 Å². The van der Waals surface area contributed by atoms with Gasteiger partial charge < -0.3 is 5.32 Å². The zero-order chi connectivity index (χ0) is 19.5. The van der Waals surface area contributed by atoms with Gasteiger partial charge in [-0.05, 0) is 54.5 Å². The highest BCUT2D eigenvalue weighted by atomic mass is 16.1. The molecule has 5 heteroatoms. The summed E-state index contributed by atoms with van der Waals surface area (Å²) >= 11 is 0. The molecule has 4 aromatic rings. The second-order valence-corrected chi connectivity index (χ2v) is 6.45. The lowest BCUT2D eigenvalue weighted by molar-refractivity contribution is -0.111. The molecule has 0 fully saturated rings. The van der Waals surface area contributed by atoms with Crippen LogP contribution in [0.1, 0.15) is 5.69 Å². The van der Waals surface area contributed by atoms with Crippen molar-refractivity contribution in [3.8, 4) is 22.3 Å². The third-order valence-electron chi connectivity index (χ3n) is 4.48. The predicted molar refractivity (Wildman–Crippen MR) is 112 cm³/mol. The maximum absolute atomic E-state index is 11.7. The number of carbonyl (C=O) groups excluding carboxylic acids is 1. The van der Waals surface area contributed by atoms with Crippen LogP contribution in [0.5, 0.6) is 0 Å². The molecule has 0 aliphatic heterocycles. The van der Waals surface area contributed by atoms with Crippen LogP contribution in [-0.2, 0) is 4.79 Å². The number of pyridine rings is 1. The standard InChI is InChI=1S/C23H18N4O/c1-3-22(28)27-20-6-4-5-16(10-20)21-11-18(17-8-7-15(2)25-13-17)9-19-12-24-14-26-23(19)21/h3-14H,1H2,2H3,(H,27,28). The van der Waals surface area contributed by atoms with Crippen LogP contribution in [0, 0.1) is 6.92 Å². The molecule has 4 rings (SSSR count). The molecule has 2 aromatic carbocycles. The Morgan fingerprint density at radius 2 is 1.89 bits per heavy atom. The molecule has 0 saturated carbocycles. The summed E-state index contributed by atoms with van der Waals surface area (Å²) in [6, 6.07) is 15.9. The Hall–Kier alpha value is -3.86. The summed E-state index contributed by atoms with van der Waals surface area (Å²) in [7, 11) is 0. The molecule has 1 amide bonds. The Morgan fingerprint density at radius 3 is 2.68 bits per heavy atom. The molecule has 0 unspecified atom stereocenters. The molecule has 0 atom stereocenters. The van der Waals surface area contributed by atoms with Crippen LogP contribution >= 0.6 is 0 Å². The van der Waals surface area contributed by atoms with Gasteiger partial charge in [0.25, 0.3) is 0 Å². The number of fused-ring (bicyclic) bond motifs is 1. The highest BCUT2D eigenvalue weighted by molar-refractivity contribution is 6.01. The summed E-state index contributed by atoms with van der Waals surface area (Å²) < 4.78 is 0. The van der Waals surface area contributed by atoms with Crippen LogP contribution in [0.4, 0.5) is 5.69 Å². The molecule has 1 N–H and O–H groups in total. The molecular formula is C23H18N4O. The van der Waals surface area contributed by atoms with Gasteiger partial charge in [-0.15, -0.1) is 0 Å². The fraction of sp³-hybridized carbons (Fsp3) is 0.0435. The first-order valence-corrected chi connectivity index (χ1v) is 8.85. The maximum Gasteiger partial charge on any atom is 0.247 e. The van der Waals surface area contributed by atoms with Gasteiger partial charge in [0.2, 0.25) is 5.91 Å².